The van der Waals surface area contributed by atoms with E-state index in [1.165, 1.54) is 18.2 Å². The molecule has 4 heteroatoms. The first-order valence-electron chi connectivity index (χ1n) is 6.04. The molecule has 0 spiro atoms. The van der Waals surface area contributed by atoms with Crippen LogP contribution in [0, 0.1) is 11.6 Å². The van der Waals surface area contributed by atoms with E-state index >= 15 is 0 Å². The van der Waals surface area contributed by atoms with Crippen LogP contribution < -0.4 is 10.2 Å². The molecule has 2 rings (SSSR count). The maximum atomic E-state index is 13.8. The summed E-state index contributed by atoms with van der Waals surface area (Å²) in [7, 11) is 3.56. The van der Waals surface area contributed by atoms with E-state index in [-0.39, 0.29) is 11.6 Å². The highest BCUT2D eigenvalue weighted by molar-refractivity contribution is 5.66. The summed E-state index contributed by atoms with van der Waals surface area (Å²) >= 11 is 0. The first-order valence-corrected chi connectivity index (χ1v) is 6.04. The molecule has 0 aromatic heterocycles. The van der Waals surface area contributed by atoms with Crippen LogP contribution in [0.1, 0.15) is 5.56 Å². The Morgan fingerprint density at radius 2 is 1.79 bits per heavy atom. The fraction of sp³-hybridized carbons (Fsp3) is 0.200. The fourth-order valence-corrected chi connectivity index (χ4v) is 2.07. The Hall–Kier alpha value is -1.94. The van der Waals surface area contributed by atoms with Gasteiger partial charge in [-0.3, -0.25) is 0 Å². The summed E-state index contributed by atoms with van der Waals surface area (Å²) in [5.74, 6) is -0.597. The summed E-state index contributed by atoms with van der Waals surface area (Å²) in [5.41, 5.74) is 2.03. The second-order valence-electron chi connectivity index (χ2n) is 4.31. The van der Waals surface area contributed by atoms with Crippen LogP contribution in [0.2, 0.25) is 0 Å². The van der Waals surface area contributed by atoms with E-state index in [1.807, 2.05) is 0 Å². The van der Waals surface area contributed by atoms with Gasteiger partial charge in [-0.25, -0.2) is 8.78 Å². The van der Waals surface area contributed by atoms with E-state index in [4.69, 9.17) is 0 Å². The van der Waals surface area contributed by atoms with Crippen molar-refractivity contribution in [3.63, 3.8) is 0 Å². The van der Waals surface area contributed by atoms with Crippen molar-refractivity contribution in [2.24, 2.45) is 0 Å². The Morgan fingerprint density at radius 3 is 2.47 bits per heavy atom. The molecular formula is C15H16F2N2. The summed E-state index contributed by atoms with van der Waals surface area (Å²) in [6, 6.07) is 11.0. The fourth-order valence-electron chi connectivity index (χ4n) is 2.07. The molecule has 0 saturated carbocycles. The first kappa shape index (κ1) is 13.5. The van der Waals surface area contributed by atoms with E-state index in [0.717, 1.165) is 11.3 Å². The SMILES string of the molecule is CNCc1cc(F)ccc1N(C)c1ccccc1F. The van der Waals surface area contributed by atoms with Gasteiger partial charge in [0.15, 0.2) is 0 Å². The second-order valence-corrected chi connectivity index (χ2v) is 4.31. The maximum Gasteiger partial charge on any atom is 0.146 e. The van der Waals surface area contributed by atoms with Crippen LogP contribution in [0.25, 0.3) is 0 Å². The first-order chi connectivity index (χ1) is 9.13. The number of nitrogens with zero attached hydrogens (tertiary/aromatic N) is 1. The standard InChI is InChI=1S/C15H16F2N2/c1-18-10-11-9-12(16)7-8-14(11)19(2)15-6-4-3-5-13(15)17/h3-9,18H,10H2,1-2H3. The molecular weight excluding hydrogens is 246 g/mol. The van der Waals surface area contributed by atoms with E-state index in [9.17, 15) is 8.78 Å². The maximum absolute atomic E-state index is 13.8. The highest BCUT2D eigenvalue weighted by Crippen LogP contribution is 2.29. The van der Waals surface area contributed by atoms with Gasteiger partial charge in [-0.05, 0) is 42.9 Å². The molecule has 0 unspecified atom stereocenters. The molecule has 19 heavy (non-hydrogen) atoms. The van der Waals surface area contributed by atoms with Crippen LogP contribution in [0.15, 0.2) is 42.5 Å². The van der Waals surface area contributed by atoms with Gasteiger partial charge in [0.2, 0.25) is 0 Å². The van der Waals surface area contributed by atoms with Crippen molar-refractivity contribution >= 4 is 11.4 Å². The van der Waals surface area contributed by atoms with Crippen molar-refractivity contribution in [2.45, 2.75) is 6.54 Å². The Balaban J connectivity index is 2.43. The molecule has 0 radical (unpaired) electrons. The molecule has 1 N–H and O–H groups in total. The van der Waals surface area contributed by atoms with Gasteiger partial charge < -0.3 is 10.2 Å². The molecule has 0 aliphatic carbocycles. The van der Waals surface area contributed by atoms with Crippen molar-refractivity contribution in [2.75, 3.05) is 19.0 Å². The summed E-state index contributed by atoms with van der Waals surface area (Å²) in [4.78, 5) is 1.72. The predicted octanol–water partition coefficient (Wildman–Crippen LogP) is 3.45. The lowest BCUT2D eigenvalue weighted by molar-refractivity contribution is 0.622. The van der Waals surface area contributed by atoms with E-state index in [1.54, 1.807) is 43.3 Å². The van der Waals surface area contributed by atoms with E-state index in [2.05, 4.69) is 5.32 Å². The Kier molecular flexibility index (Phi) is 4.12. The normalized spacial score (nSPS) is 10.5. The molecule has 0 aliphatic rings. The number of para-hydroxylation sites is 1. The van der Waals surface area contributed by atoms with Crippen LogP contribution in [-0.2, 0) is 6.54 Å². The summed E-state index contributed by atoms with van der Waals surface area (Å²) in [6.07, 6.45) is 0. The minimum Gasteiger partial charge on any atom is -0.342 e. The molecule has 2 nitrogen and oxygen atoms in total. The molecule has 0 atom stereocenters. The average Bonchev–Trinajstić information content (AvgIpc) is 2.39. The van der Waals surface area contributed by atoms with E-state index in [0.29, 0.717) is 12.2 Å². The van der Waals surface area contributed by atoms with Crippen LogP contribution in [0.4, 0.5) is 20.2 Å². The monoisotopic (exact) mass is 262 g/mol. The third-order valence-corrected chi connectivity index (χ3v) is 2.98. The van der Waals surface area contributed by atoms with Crippen molar-refractivity contribution in [3.8, 4) is 0 Å². The third kappa shape index (κ3) is 2.90. The van der Waals surface area contributed by atoms with Crippen molar-refractivity contribution < 1.29 is 8.78 Å². The van der Waals surface area contributed by atoms with Crippen molar-refractivity contribution in [1.29, 1.82) is 0 Å². The molecule has 0 aliphatic heterocycles. The molecule has 0 heterocycles. The largest absolute Gasteiger partial charge is 0.342 e. The zero-order valence-corrected chi connectivity index (χ0v) is 11.0. The van der Waals surface area contributed by atoms with Gasteiger partial charge in [-0.15, -0.1) is 0 Å². The number of hydrogen-bond acceptors (Lipinski definition) is 2. The minimum absolute atomic E-state index is 0.295. The second kappa shape index (κ2) is 5.80. The smallest absolute Gasteiger partial charge is 0.146 e. The average molecular weight is 262 g/mol. The summed E-state index contributed by atoms with van der Waals surface area (Å²) in [5, 5.41) is 2.99. The molecule has 0 amide bonds. The highest BCUT2D eigenvalue weighted by Gasteiger charge is 2.12. The van der Waals surface area contributed by atoms with Crippen LogP contribution in [-0.4, -0.2) is 14.1 Å². The highest BCUT2D eigenvalue weighted by atomic mass is 19.1. The molecule has 0 bridgehead atoms. The number of rotatable bonds is 4. The minimum atomic E-state index is -0.301. The van der Waals surface area contributed by atoms with Gasteiger partial charge in [-0.1, -0.05) is 12.1 Å². The Morgan fingerprint density at radius 1 is 1.05 bits per heavy atom. The number of nitrogens with one attached hydrogen (secondary N) is 1. The van der Waals surface area contributed by atoms with Crippen LogP contribution in [0.3, 0.4) is 0 Å². The summed E-state index contributed by atoms with van der Waals surface area (Å²) < 4.78 is 27.1. The Labute approximate surface area is 111 Å². The van der Waals surface area contributed by atoms with Crippen LogP contribution in [0.5, 0.6) is 0 Å². The molecule has 2 aromatic carbocycles. The Bertz CT molecular complexity index is 570. The quantitative estimate of drug-likeness (QED) is 0.907. The number of hydrogen-bond donors (Lipinski definition) is 1. The lowest BCUT2D eigenvalue weighted by Gasteiger charge is -2.23. The van der Waals surface area contributed by atoms with Gasteiger partial charge in [0.05, 0.1) is 5.69 Å². The lowest BCUT2D eigenvalue weighted by atomic mass is 10.1. The van der Waals surface area contributed by atoms with Crippen LogP contribution >= 0.6 is 0 Å². The van der Waals surface area contributed by atoms with Gasteiger partial charge in [-0.2, -0.15) is 0 Å². The molecule has 100 valence electrons. The van der Waals surface area contributed by atoms with Gasteiger partial charge in [0, 0.05) is 19.3 Å². The number of benzene rings is 2. The number of halogens is 2. The topological polar surface area (TPSA) is 15.3 Å². The molecule has 0 fully saturated rings. The van der Waals surface area contributed by atoms with Gasteiger partial charge in [0.25, 0.3) is 0 Å². The van der Waals surface area contributed by atoms with E-state index < -0.39 is 0 Å². The van der Waals surface area contributed by atoms with Gasteiger partial charge in [0.1, 0.15) is 11.6 Å². The zero-order chi connectivity index (χ0) is 13.8. The summed E-state index contributed by atoms with van der Waals surface area (Å²) in [6.45, 7) is 0.520. The predicted molar refractivity (Wildman–Crippen MR) is 73.6 cm³/mol. The third-order valence-electron chi connectivity index (χ3n) is 2.98. The molecule has 2 aromatic rings. The zero-order valence-electron chi connectivity index (χ0n) is 11.0. The van der Waals surface area contributed by atoms with Crippen molar-refractivity contribution in [3.05, 3.63) is 59.7 Å². The molecule has 0 saturated heterocycles. The van der Waals surface area contributed by atoms with Gasteiger partial charge >= 0.3 is 0 Å². The van der Waals surface area contributed by atoms with Crippen molar-refractivity contribution in [1.82, 2.24) is 5.32 Å². The lowest BCUT2D eigenvalue weighted by Crippen LogP contribution is -2.16. The number of anilines is 2.